The molecule has 0 aliphatic heterocycles. The van der Waals surface area contributed by atoms with Gasteiger partial charge in [-0.25, -0.2) is 4.68 Å². The third-order valence-electron chi connectivity index (χ3n) is 2.63. The van der Waals surface area contributed by atoms with Crippen LogP contribution in [0.15, 0.2) is 15.5 Å². The lowest BCUT2D eigenvalue weighted by Gasteiger charge is -2.09. The topological polar surface area (TPSA) is 46.9 Å². The van der Waals surface area contributed by atoms with Gasteiger partial charge < -0.3 is 5.32 Å². The maximum absolute atomic E-state index is 11.8. The molecule has 0 unspecified atom stereocenters. The summed E-state index contributed by atoms with van der Waals surface area (Å²) in [5, 5.41) is 7.33. The van der Waals surface area contributed by atoms with Crippen LogP contribution < -0.4 is 10.9 Å². The molecule has 17 heavy (non-hydrogen) atoms. The molecule has 1 aromatic rings. The number of rotatable bonds is 7. The van der Waals surface area contributed by atoms with Gasteiger partial charge in [0.2, 0.25) is 0 Å². The quantitative estimate of drug-likeness (QED) is 0.788. The molecule has 0 fully saturated rings. The van der Waals surface area contributed by atoms with Crippen LogP contribution in [0.5, 0.6) is 0 Å². The molecular weight excluding hydrogens is 282 g/mol. The monoisotopic (exact) mass is 301 g/mol. The van der Waals surface area contributed by atoms with Crippen LogP contribution in [-0.2, 0) is 6.54 Å². The molecule has 0 aromatic carbocycles. The average molecular weight is 302 g/mol. The van der Waals surface area contributed by atoms with Gasteiger partial charge in [-0.15, -0.1) is 0 Å². The third kappa shape index (κ3) is 4.15. The number of aryl methyl sites for hydroxylation is 1. The number of halogens is 1. The van der Waals surface area contributed by atoms with E-state index in [4.69, 9.17) is 0 Å². The smallest absolute Gasteiger partial charge is 0.283 e. The zero-order valence-corrected chi connectivity index (χ0v) is 12.1. The number of nitrogens with one attached hydrogen (secondary N) is 1. The lowest BCUT2D eigenvalue weighted by Crippen LogP contribution is -2.23. The Kier molecular flexibility index (Phi) is 6.26. The van der Waals surface area contributed by atoms with Crippen molar-refractivity contribution < 1.29 is 0 Å². The Balaban J connectivity index is 2.55. The van der Waals surface area contributed by atoms with E-state index in [2.05, 4.69) is 33.3 Å². The van der Waals surface area contributed by atoms with Gasteiger partial charge in [0.15, 0.2) is 0 Å². The van der Waals surface area contributed by atoms with E-state index in [0.717, 1.165) is 18.7 Å². The number of aromatic nitrogens is 2. The van der Waals surface area contributed by atoms with Crippen molar-refractivity contribution in [3.63, 3.8) is 0 Å². The molecule has 0 saturated heterocycles. The van der Waals surface area contributed by atoms with Gasteiger partial charge in [-0.05, 0) is 29.3 Å². The highest BCUT2D eigenvalue weighted by Crippen LogP contribution is 2.16. The molecule has 0 atom stereocenters. The number of nitrogens with zero attached hydrogens (tertiary/aromatic N) is 2. The fourth-order valence-electron chi connectivity index (χ4n) is 1.59. The van der Waals surface area contributed by atoms with E-state index in [1.807, 2.05) is 6.92 Å². The molecule has 1 rings (SSSR count). The summed E-state index contributed by atoms with van der Waals surface area (Å²) in [4.78, 5) is 11.8. The van der Waals surface area contributed by atoms with Crippen LogP contribution in [0.3, 0.4) is 0 Å². The molecular formula is C12H20BrN3O. The van der Waals surface area contributed by atoms with E-state index >= 15 is 0 Å². The Labute approximate surface area is 111 Å². The Morgan fingerprint density at radius 1 is 1.35 bits per heavy atom. The number of unbranched alkanes of at least 4 members (excludes halogenated alkanes) is 3. The van der Waals surface area contributed by atoms with Crippen molar-refractivity contribution in [2.45, 2.75) is 46.1 Å². The first-order chi connectivity index (χ1) is 8.20. The van der Waals surface area contributed by atoms with Crippen molar-refractivity contribution in [3.8, 4) is 0 Å². The first-order valence-corrected chi connectivity index (χ1v) is 6.99. The fraction of sp³-hybridized carbons (Fsp3) is 0.667. The van der Waals surface area contributed by atoms with Crippen molar-refractivity contribution in [1.29, 1.82) is 0 Å². The molecule has 1 N–H and O–H groups in total. The molecule has 0 radical (unpaired) electrons. The highest BCUT2D eigenvalue weighted by molar-refractivity contribution is 9.10. The number of anilines is 1. The Morgan fingerprint density at radius 3 is 2.76 bits per heavy atom. The first kappa shape index (κ1) is 14.2. The zero-order valence-electron chi connectivity index (χ0n) is 10.5. The normalized spacial score (nSPS) is 10.5. The van der Waals surface area contributed by atoms with Gasteiger partial charge in [-0.1, -0.05) is 26.2 Å². The van der Waals surface area contributed by atoms with Gasteiger partial charge >= 0.3 is 0 Å². The maximum atomic E-state index is 11.8. The van der Waals surface area contributed by atoms with Gasteiger partial charge in [0.1, 0.15) is 4.47 Å². The average Bonchev–Trinajstić information content (AvgIpc) is 2.34. The van der Waals surface area contributed by atoms with E-state index in [0.29, 0.717) is 11.0 Å². The van der Waals surface area contributed by atoms with E-state index in [9.17, 15) is 4.79 Å². The SMILES string of the molecule is CCCCCCNc1cnn(CC)c(=O)c1Br. The molecule has 1 heterocycles. The second kappa shape index (κ2) is 7.48. The lowest BCUT2D eigenvalue weighted by molar-refractivity contribution is 0.612. The van der Waals surface area contributed by atoms with Crippen LogP contribution in [0.4, 0.5) is 5.69 Å². The van der Waals surface area contributed by atoms with E-state index < -0.39 is 0 Å². The number of hydrogen-bond acceptors (Lipinski definition) is 3. The van der Waals surface area contributed by atoms with Crippen LogP contribution in [0.2, 0.25) is 0 Å². The van der Waals surface area contributed by atoms with Crippen molar-refractivity contribution >= 4 is 21.6 Å². The van der Waals surface area contributed by atoms with E-state index in [-0.39, 0.29) is 5.56 Å². The van der Waals surface area contributed by atoms with Crippen molar-refractivity contribution in [2.24, 2.45) is 0 Å². The first-order valence-electron chi connectivity index (χ1n) is 6.20. The van der Waals surface area contributed by atoms with Crippen molar-refractivity contribution in [1.82, 2.24) is 9.78 Å². The second-order valence-corrected chi connectivity index (χ2v) is 4.77. The predicted octanol–water partition coefficient (Wildman–Crippen LogP) is 3.02. The summed E-state index contributed by atoms with van der Waals surface area (Å²) in [5.74, 6) is 0. The van der Waals surface area contributed by atoms with Crippen molar-refractivity contribution in [3.05, 3.63) is 21.0 Å². The molecule has 0 saturated carbocycles. The van der Waals surface area contributed by atoms with Gasteiger partial charge in [0.05, 0.1) is 11.9 Å². The maximum Gasteiger partial charge on any atom is 0.283 e. The Morgan fingerprint density at radius 2 is 2.12 bits per heavy atom. The van der Waals surface area contributed by atoms with Crippen LogP contribution in [0.1, 0.15) is 39.5 Å². The Hall–Kier alpha value is -0.840. The number of hydrogen-bond donors (Lipinski definition) is 1. The lowest BCUT2D eigenvalue weighted by atomic mass is 10.2. The van der Waals surface area contributed by atoms with Crippen LogP contribution in [-0.4, -0.2) is 16.3 Å². The highest BCUT2D eigenvalue weighted by Gasteiger charge is 2.06. The summed E-state index contributed by atoms with van der Waals surface area (Å²) in [5.41, 5.74) is 0.710. The molecule has 0 aliphatic carbocycles. The van der Waals surface area contributed by atoms with E-state index in [1.165, 1.54) is 23.9 Å². The van der Waals surface area contributed by atoms with Crippen molar-refractivity contribution in [2.75, 3.05) is 11.9 Å². The highest BCUT2D eigenvalue weighted by atomic mass is 79.9. The molecule has 0 spiro atoms. The molecule has 0 aliphatic rings. The van der Waals surface area contributed by atoms with Crippen LogP contribution >= 0.6 is 15.9 Å². The standard InChI is InChI=1S/C12H20BrN3O/c1-3-5-6-7-8-14-10-9-15-16(4-2)12(17)11(10)13/h9,14H,3-8H2,1-2H3. The molecule has 96 valence electrons. The minimum absolute atomic E-state index is 0.0777. The summed E-state index contributed by atoms with van der Waals surface area (Å²) >= 11 is 3.32. The minimum Gasteiger partial charge on any atom is -0.383 e. The molecule has 5 heteroatoms. The summed E-state index contributed by atoms with van der Waals surface area (Å²) in [7, 11) is 0. The zero-order chi connectivity index (χ0) is 12.7. The molecule has 4 nitrogen and oxygen atoms in total. The van der Waals surface area contributed by atoms with Gasteiger partial charge in [0.25, 0.3) is 5.56 Å². The van der Waals surface area contributed by atoms with Gasteiger partial charge in [-0.3, -0.25) is 4.79 Å². The van der Waals surface area contributed by atoms with Gasteiger partial charge in [-0.2, -0.15) is 5.10 Å². The fourth-order valence-corrected chi connectivity index (χ4v) is 2.04. The Bertz CT molecular complexity index is 403. The summed E-state index contributed by atoms with van der Waals surface area (Å²) < 4.78 is 2.01. The second-order valence-electron chi connectivity index (χ2n) is 3.98. The van der Waals surface area contributed by atoms with Gasteiger partial charge in [0, 0.05) is 13.1 Å². The molecule has 0 amide bonds. The summed E-state index contributed by atoms with van der Waals surface area (Å²) in [6.45, 7) is 5.57. The minimum atomic E-state index is -0.0777. The van der Waals surface area contributed by atoms with Crippen LogP contribution in [0.25, 0.3) is 0 Å². The summed E-state index contributed by atoms with van der Waals surface area (Å²) in [6.07, 6.45) is 6.54. The van der Waals surface area contributed by atoms with Crippen LogP contribution in [0, 0.1) is 0 Å². The summed E-state index contributed by atoms with van der Waals surface area (Å²) in [6, 6.07) is 0. The molecule has 1 aromatic heterocycles. The van der Waals surface area contributed by atoms with E-state index in [1.54, 1.807) is 6.20 Å². The third-order valence-corrected chi connectivity index (χ3v) is 3.40. The largest absolute Gasteiger partial charge is 0.383 e. The predicted molar refractivity (Wildman–Crippen MR) is 74.5 cm³/mol. The molecule has 0 bridgehead atoms.